The number of hydrogen-bond acceptors (Lipinski definition) is 2. The van der Waals surface area contributed by atoms with Crippen molar-refractivity contribution in [1.82, 2.24) is 9.97 Å². The number of nitrogens with two attached hydrogens (primary N) is 1. The lowest BCUT2D eigenvalue weighted by molar-refractivity contribution is 0.628. The lowest BCUT2D eigenvalue weighted by Crippen LogP contribution is -2.01. The van der Waals surface area contributed by atoms with Crippen LogP contribution < -0.4 is 5.73 Å². The molecule has 2 rings (SSSR count). The number of aromatic nitrogens is 2. The van der Waals surface area contributed by atoms with Crippen LogP contribution in [0.3, 0.4) is 0 Å². The molecule has 1 heterocycles. The molecular weight excluding hydrogens is 205 g/mol. The zero-order valence-electron chi connectivity index (χ0n) is 8.91. The number of imidazole rings is 1. The molecule has 0 saturated heterocycles. The molecule has 3 N–H and O–H groups in total. The van der Waals surface area contributed by atoms with Crippen molar-refractivity contribution in [2.45, 2.75) is 12.8 Å². The van der Waals surface area contributed by atoms with Crippen LogP contribution in [0.1, 0.15) is 12.2 Å². The highest BCUT2D eigenvalue weighted by molar-refractivity contribution is 5.58. The highest BCUT2D eigenvalue weighted by Gasteiger charge is 2.03. The van der Waals surface area contributed by atoms with Crippen molar-refractivity contribution in [3.63, 3.8) is 0 Å². The molecule has 0 bridgehead atoms. The van der Waals surface area contributed by atoms with E-state index in [9.17, 15) is 4.39 Å². The smallest absolute Gasteiger partial charge is 0.123 e. The van der Waals surface area contributed by atoms with Crippen molar-refractivity contribution < 1.29 is 4.39 Å². The molecule has 0 amide bonds. The number of halogens is 1. The summed E-state index contributed by atoms with van der Waals surface area (Å²) in [5, 5.41) is 0. The van der Waals surface area contributed by atoms with Crippen LogP contribution in [0.25, 0.3) is 11.3 Å². The number of H-pyrrole nitrogens is 1. The van der Waals surface area contributed by atoms with Gasteiger partial charge in [0, 0.05) is 12.0 Å². The van der Waals surface area contributed by atoms with E-state index in [2.05, 4.69) is 9.97 Å². The average molecular weight is 219 g/mol. The number of nitrogens with one attached hydrogen (secondary N) is 1. The Balaban J connectivity index is 2.18. The fraction of sp³-hybridized carbons (Fsp3) is 0.250. The molecule has 0 spiro atoms. The molecule has 1 aromatic carbocycles. The molecule has 0 atom stereocenters. The Morgan fingerprint density at radius 1 is 1.38 bits per heavy atom. The van der Waals surface area contributed by atoms with Gasteiger partial charge in [-0.1, -0.05) is 12.1 Å². The fourth-order valence-electron chi connectivity index (χ4n) is 1.56. The molecule has 1 aromatic heterocycles. The maximum Gasteiger partial charge on any atom is 0.123 e. The van der Waals surface area contributed by atoms with E-state index in [4.69, 9.17) is 5.73 Å². The molecule has 2 aromatic rings. The summed E-state index contributed by atoms with van der Waals surface area (Å²) in [4.78, 5) is 7.38. The van der Waals surface area contributed by atoms with Crippen molar-refractivity contribution in [3.05, 3.63) is 42.1 Å². The minimum Gasteiger partial charge on any atom is -0.342 e. The van der Waals surface area contributed by atoms with Crippen molar-refractivity contribution in [3.8, 4) is 11.3 Å². The van der Waals surface area contributed by atoms with Gasteiger partial charge in [0.25, 0.3) is 0 Å². The van der Waals surface area contributed by atoms with Gasteiger partial charge < -0.3 is 10.7 Å². The molecule has 3 nitrogen and oxygen atoms in total. The number of aryl methyl sites for hydroxylation is 1. The Morgan fingerprint density at radius 2 is 2.25 bits per heavy atom. The summed E-state index contributed by atoms with van der Waals surface area (Å²) in [7, 11) is 0. The normalized spacial score (nSPS) is 10.6. The second kappa shape index (κ2) is 4.90. The third-order valence-electron chi connectivity index (χ3n) is 2.38. The maximum absolute atomic E-state index is 13.0. The molecule has 0 saturated carbocycles. The lowest BCUT2D eigenvalue weighted by Gasteiger charge is -1.97. The Bertz CT molecular complexity index is 465. The molecule has 4 heteroatoms. The van der Waals surface area contributed by atoms with Gasteiger partial charge in [-0.25, -0.2) is 9.37 Å². The van der Waals surface area contributed by atoms with Gasteiger partial charge in [-0.05, 0) is 25.1 Å². The molecule has 0 aliphatic carbocycles. The topological polar surface area (TPSA) is 54.7 Å². The van der Waals surface area contributed by atoms with Gasteiger partial charge >= 0.3 is 0 Å². The number of nitrogens with zero attached hydrogens (tertiary/aromatic N) is 1. The van der Waals surface area contributed by atoms with E-state index in [0.29, 0.717) is 6.54 Å². The summed E-state index contributed by atoms with van der Waals surface area (Å²) in [6.07, 6.45) is 3.45. The number of aromatic amines is 1. The molecule has 0 unspecified atom stereocenters. The largest absolute Gasteiger partial charge is 0.342 e. The molecule has 84 valence electrons. The summed E-state index contributed by atoms with van der Waals surface area (Å²) >= 11 is 0. The van der Waals surface area contributed by atoms with E-state index < -0.39 is 0 Å². The standard InChI is InChI=1S/C12H14FN3/c13-10-4-1-3-9(7-10)11-8-15-12(16-11)5-2-6-14/h1,3-4,7-8H,2,5-6,14H2,(H,15,16). The highest BCUT2D eigenvalue weighted by Crippen LogP contribution is 2.18. The van der Waals surface area contributed by atoms with E-state index >= 15 is 0 Å². The van der Waals surface area contributed by atoms with E-state index in [1.54, 1.807) is 12.3 Å². The monoisotopic (exact) mass is 219 g/mol. The third-order valence-corrected chi connectivity index (χ3v) is 2.38. The fourth-order valence-corrected chi connectivity index (χ4v) is 1.56. The first kappa shape index (κ1) is 10.8. The van der Waals surface area contributed by atoms with E-state index in [1.807, 2.05) is 6.07 Å². The van der Waals surface area contributed by atoms with Crippen LogP contribution in [0.4, 0.5) is 4.39 Å². The first-order valence-electron chi connectivity index (χ1n) is 5.29. The minimum atomic E-state index is -0.240. The van der Waals surface area contributed by atoms with E-state index in [1.165, 1.54) is 12.1 Å². The molecule has 0 aliphatic rings. The molecule has 16 heavy (non-hydrogen) atoms. The van der Waals surface area contributed by atoms with Crippen molar-refractivity contribution >= 4 is 0 Å². The molecule has 0 aliphatic heterocycles. The average Bonchev–Trinajstić information content (AvgIpc) is 2.75. The van der Waals surface area contributed by atoms with Crippen LogP contribution >= 0.6 is 0 Å². The van der Waals surface area contributed by atoms with Crippen LogP contribution in [-0.4, -0.2) is 16.5 Å². The van der Waals surface area contributed by atoms with Gasteiger partial charge in [0.05, 0.1) is 11.9 Å². The number of benzene rings is 1. The van der Waals surface area contributed by atoms with Crippen molar-refractivity contribution in [2.24, 2.45) is 5.73 Å². The maximum atomic E-state index is 13.0. The Kier molecular flexibility index (Phi) is 3.31. The second-order valence-electron chi connectivity index (χ2n) is 3.65. The highest BCUT2D eigenvalue weighted by atomic mass is 19.1. The van der Waals surface area contributed by atoms with Gasteiger partial charge in [0.15, 0.2) is 0 Å². The Morgan fingerprint density at radius 3 is 3.00 bits per heavy atom. The van der Waals surface area contributed by atoms with E-state index in [0.717, 1.165) is 29.9 Å². The van der Waals surface area contributed by atoms with Gasteiger partial charge in [-0.15, -0.1) is 0 Å². The van der Waals surface area contributed by atoms with Gasteiger partial charge in [0.2, 0.25) is 0 Å². The van der Waals surface area contributed by atoms with Gasteiger partial charge in [-0.3, -0.25) is 0 Å². The summed E-state index contributed by atoms with van der Waals surface area (Å²) in [6.45, 7) is 0.649. The van der Waals surface area contributed by atoms with Crippen LogP contribution in [0, 0.1) is 5.82 Å². The molecule has 0 radical (unpaired) electrons. The van der Waals surface area contributed by atoms with Crippen molar-refractivity contribution in [2.75, 3.05) is 6.54 Å². The van der Waals surface area contributed by atoms with Crippen LogP contribution in [0.2, 0.25) is 0 Å². The Hall–Kier alpha value is -1.68. The first-order valence-corrected chi connectivity index (χ1v) is 5.29. The lowest BCUT2D eigenvalue weighted by atomic mass is 10.2. The molecular formula is C12H14FN3. The first-order chi connectivity index (χ1) is 7.79. The SMILES string of the molecule is NCCCc1ncc(-c2cccc(F)c2)[nH]1. The van der Waals surface area contributed by atoms with Crippen LogP contribution in [-0.2, 0) is 6.42 Å². The number of hydrogen-bond donors (Lipinski definition) is 2. The van der Waals surface area contributed by atoms with Crippen LogP contribution in [0.5, 0.6) is 0 Å². The summed E-state index contributed by atoms with van der Waals surface area (Å²) in [5.41, 5.74) is 7.07. The number of rotatable bonds is 4. The van der Waals surface area contributed by atoms with Gasteiger partial charge in [-0.2, -0.15) is 0 Å². The van der Waals surface area contributed by atoms with E-state index in [-0.39, 0.29) is 5.82 Å². The summed E-state index contributed by atoms with van der Waals surface area (Å²) < 4.78 is 13.0. The zero-order chi connectivity index (χ0) is 11.4. The molecule has 0 fully saturated rings. The predicted molar refractivity (Wildman–Crippen MR) is 61.4 cm³/mol. The second-order valence-corrected chi connectivity index (χ2v) is 3.65. The summed E-state index contributed by atoms with van der Waals surface area (Å²) in [5.74, 6) is 0.653. The third kappa shape index (κ3) is 2.46. The summed E-state index contributed by atoms with van der Waals surface area (Å²) in [6, 6.07) is 6.45. The van der Waals surface area contributed by atoms with Gasteiger partial charge in [0.1, 0.15) is 11.6 Å². The van der Waals surface area contributed by atoms with Crippen LogP contribution in [0.15, 0.2) is 30.5 Å². The predicted octanol–water partition coefficient (Wildman–Crippen LogP) is 2.11. The quantitative estimate of drug-likeness (QED) is 0.827. The van der Waals surface area contributed by atoms with Crippen molar-refractivity contribution in [1.29, 1.82) is 0 Å². The zero-order valence-corrected chi connectivity index (χ0v) is 8.91. The Labute approximate surface area is 93.5 Å². The minimum absolute atomic E-state index is 0.240.